The third kappa shape index (κ3) is 6.31. The standard InChI is InChI=1S/C6H14OS/c1-6(2)4-8-5-7-3/h6H,4-5H2,1-3H3. The molecule has 0 unspecified atom stereocenters. The van der Waals surface area contributed by atoms with E-state index in [4.69, 9.17) is 4.74 Å². The van der Waals surface area contributed by atoms with Crippen LogP contribution in [-0.4, -0.2) is 18.8 Å². The summed E-state index contributed by atoms with van der Waals surface area (Å²) in [6, 6.07) is 0. The van der Waals surface area contributed by atoms with Crippen LogP contribution in [0.2, 0.25) is 0 Å². The minimum Gasteiger partial charge on any atom is -0.374 e. The molecule has 0 aliphatic carbocycles. The molecular formula is C6H14OS. The molecule has 1 nitrogen and oxygen atoms in total. The number of methoxy groups -OCH3 is 1. The Labute approximate surface area is 55.8 Å². The molecule has 0 aliphatic rings. The van der Waals surface area contributed by atoms with Crippen LogP contribution in [0.15, 0.2) is 0 Å². The Kier molecular flexibility index (Phi) is 5.66. The number of rotatable bonds is 4. The number of thioether (sulfide) groups is 1. The highest BCUT2D eigenvalue weighted by atomic mass is 32.2. The van der Waals surface area contributed by atoms with E-state index in [1.165, 1.54) is 5.75 Å². The lowest BCUT2D eigenvalue weighted by atomic mass is 10.3. The molecule has 0 saturated heterocycles. The number of hydrogen-bond donors (Lipinski definition) is 0. The summed E-state index contributed by atoms with van der Waals surface area (Å²) in [7, 11) is 1.73. The predicted molar refractivity (Wildman–Crippen MR) is 39.2 cm³/mol. The van der Waals surface area contributed by atoms with Crippen molar-refractivity contribution in [2.45, 2.75) is 13.8 Å². The molecule has 0 heterocycles. The fourth-order valence-corrected chi connectivity index (χ4v) is 1.10. The van der Waals surface area contributed by atoms with Gasteiger partial charge in [0.05, 0.1) is 5.94 Å². The summed E-state index contributed by atoms with van der Waals surface area (Å²) >= 11 is 1.84. The van der Waals surface area contributed by atoms with Gasteiger partial charge >= 0.3 is 0 Å². The van der Waals surface area contributed by atoms with Crippen LogP contribution >= 0.6 is 11.8 Å². The van der Waals surface area contributed by atoms with Gasteiger partial charge in [0.15, 0.2) is 0 Å². The smallest absolute Gasteiger partial charge is 0.0917 e. The highest BCUT2D eigenvalue weighted by Crippen LogP contribution is 2.05. The van der Waals surface area contributed by atoms with Crippen LogP contribution in [0.5, 0.6) is 0 Å². The average Bonchev–Trinajstić information content (AvgIpc) is 1.66. The van der Waals surface area contributed by atoms with Crippen molar-refractivity contribution < 1.29 is 4.74 Å². The van der Waals surface area contributed by atoms with Gasteiger partial charge in [0, 0.05) is 7.11 Å². The zero-order valence-corrected chi connectivity index (χ0v) is 6.62. The molecule has 0 atom stereocenters. The highest BCUT2D eigenvalue weighted by Gasteiger charge is 1.90. The van der Waals surface area contributed by atoms with Gasteiger partial charge in [-0.1, -0.05) is 13.8 Å². The van der Waals surface area contributed by atoms with Gasteiger partial charge < -0.3 is 4.74 Å². The second-order valence-corrected chi connectivity index (χ2v) is 3.15. The quantitative estimate of drug-likeness (QED) is 0.429. The summed E-state index contributed by atoms with van der Waals surface area (Å²) < 4.78 is 4.86. The summed E-state index contributed by atoms with van der Waals surface area (Å²) in [6.45, 7) is 4.42. The van der Waals surface area contributed by atoms with E-state index in [2.05, 4.69) is 13.8 Å². The average molecular weight is 134 g/mol. The summed E-state index contributed by atoms with van der Waals surface area (Å²) in [5, 5.41) is 0. The fraction of sp³-hybridized carbons (Fsp3) is 1.00. The van der Waals surface area contributed by atoms with Gasteiger partial charge in [-0.25, -0.2) is 0 Å². The van der Waals surface area contributed by atoms with Crippen molar-refractivity contribution >= 4 is 11.8 Å². The molecule has 0 bridgehead atoms. The minimum atomic E-state index is 0.787. The molecule has 0 aromatic carbocycles. The molecule has 0 N–H and O–H groups in total. The lowest BCUT2D eigenvalue weighted by Crippen LogP contribution is -1.92. The maximum absolute atomic E-state index is 4.86. The first-order valence-electron chi connectivity index (χ1n) is 2.84. The summed E-state index contributed by atoms with van der Waals surface area (Å²) in [6.07, 6.45) is 0. The van der Waals surface area contributed by atoms with E-state index in [0.717, 1.165) is 11.9 Å². The van der Waals surface area contributed by atoms with Gasteiger partial charge in [-0.15, -0.1) is 11.8 Å². The monoisotopic (exact) mass is 134 g/mol. The Morgan fingerprint density at radius 1 is 1.50 bits per heavy atom. The molecular weight excluding hydrogens is 120 g/mol. The van der Waals surface area contributed by atoms with Crippen molar-refractivity contribution in [2.75, 3.05) is 18.8 Å². The lowest BCUT2D eigenvalue weighted by Gasteiger charge is -2.01. The van der Waals surface area contributed by atoms with E-state index in [9.17, 15) is 0 Å². The van der Waals surface area contributed by atoms with Crippen molar-refractivity contribution in [1.29, 1.82) is 0 Å². The largest absolute Gasteiger partial charge is 0.374 e. The van der Waals surface area contributed by atoms with Crippen LogP contribution in [0.25, 0.3) is 0 Å². The Morgan fingerprint density at radius 3 is 2.50 bits per heavy atom. The van der Waals surface area contributed by atoms with Crippen LogP contribution in [0, 0.1) is 5.92 Å². The zero-order valence-electron chi connectivity index (χ0n) is 5.81. The zero-order chi connectivity index (χ0) is 6.41. The highest BCUT2D eigenvalue weighted by molar-refractivity contribution is 7.99. The van der Waals surface area contributed by atoms with Gasteiger partial charge in [0.2, 0.25) is 0 Å². The molecule has 0 fully saturated rings. The Morgan fingerprint density at radius 2 is 2.12 bits per heavy atom. The summed E-state index contributed by atoms with van der Waals surface area (Å²) in [5.41, 5.74) is 0. The van der Waals surface area contributed by atoms with Gasteiger partial charge in [0.1, 0.15) is 0 Å². The van der Waals surface area contributed by atoms with Gasteiger partial charge in [-0.3, -0.25) is 0 Å². The van der Waals surface area contributed by atoms with Crippen LogP contribution < -0.4 is 0 Å². The topological polar surface area (TPSA) is 9.23 Å². The molecule has 0 aromatic rings. The van der Waals surface area contributed by atoms with E-state index in [1.54, 1.807) is 7.11 Å². The lowest BCUT2D eigenvalue weighted by molar-refractivity contribution is 0.258. The molecule has 8 heavy (non-hydrogen) atoms. The van der Waals surface area contributed by atoms with E-state index >= 15 is 0 Å². The molecule has 0 rings (SSSR count). The van der Waals surface area contributed by atoms with E-state index < -0.39 is 0 Å². The Balaban J connectivity index is 2.72. The molecule has 0 radical (unpaired) electrons. The first kappa shape index (κ1) is 8.31. The first-order chi connectivity index (χ1) is 3.77. The predicted octanol–water partition coefficient (Wildman–Crippen LogP) is 1.98. The molecule has 0 aliphatic heterocycles. The molecule has 0 amide bonds. The molecule has 0 spiro atoms. The van der Waals surface area contributed by atoms with Crippen LogP contribution in [-0.2, 0) is 4.74 Å². The maximum atomic E-state index is 4.86. The van der Waals surface area contributed by atoms with Crippen molar-refractivity contribution in [1.82, 2.24) is 0 Å². The van der Waals surface area contributed by atoms with E-state index in [0.29, 0.717) is 0 Å². The summed E-state index contributed by atoms with van der Waals surface area (Å²) in [5.74, 6) is 2.82. The second kappa shape index (κ2) is 5.45. The van der Waals surface area contributed by atoms with Gasteiger partial charge in [-0.05, 0) is 11.7 Å². The Hall–Kier alpha value is 0.310. The third-order valence-electron chi connectivity index (χ3n) is 0.652. The van der Waals surface area contributed by atoms with Crippen molar-refractivity contribution in [2.24, 2.45) is 5.92 Å². The molecule has 0 saturated carbocycles. The van der Waals surface area contributed by atoms with Crippen LogP contribution in [0.4, 0.5) is 0 Å². The Bertz CT molecular complexity index is 45.8. The SMILES string of the molecule is COCSCC(C)C. The van der Waals surface area contributed by atoms with E-state index in [1.807, 2.05) is 11.8 Å². The summed E-state index contributed by atoms with van der Waals surface area (Å²) in [4.78, 5) is 0. The third-order valence-corrected chi connectivity index (χ3v) is 1.96. The number of hydrogen-bond acceptors (Lipinski definition) is 2. The second-order valence-electron chi connectivity index (χ2n) is 2.17. The maximum Gasteiger partial charge on any atom is 0.0917 e. The molecule has 50 valence electrons. The van der Waals surface area contributed by atoms with E-state index in [-0.39, 0.29) is 0 Å². The van der Waals surface area contributed by atoms with Gasteiger partial charge in [-0.2, -0.15) is 0 Å². The van der Waals surface area contributed by atoms with Crippen LogP contribution in [0.3, 0.4) is 0 Å². The number of ether oxygens (including phenoxy) is 1. The van der Waals surface area contributed by atoms with Crippen molar-refractivity contribution in [3.63, 3.8) is 0 Å². The normalized spacial score (nSPS) is 10.5. The minimum absolute atomic E-state index is 0.787. The van der Waals surface area contributed by atoms with Crippen molar-refractivity contribution in [3.05, 3.63) is 0 Å². The fourth-order valence-electron chi connectivity index (χ4n) is 0.367. The van der Waals surface area contributed by atoms with Crippen molar-refractivity contribution in [3.8, 4) is 0 Å². The van der Waals surface area contributed by atoms with Crippen LogP contribution in [0.1, 0.15) is 13.8 Å². The van der Waals surface area contributed by atoms with Gasteiger partial charge in [0.25, 0.3) is 0 Å². The molecule has 0 aromatic heterocycles. The first-order valence-corrected chi connectivity index (χ1v) is 3.99. The molecule has 2 heteroatoms.